The minimum atomic E-state index is -3.01. The van der Waals surface area contributed by atoms with Crippen LogP contribution in [0.25, 0.3) is 0 Å². The van der Waals surface area contributed by atoms with Crippen molar-refractivity contribution in [2.45, 2.75) is 43.9 Å². The molecule has 0 aliphatic heterocycles. The molecule has 0 atom stereocenters. The molecule has 18 heavy (non-hydrogen) atoms. The molecule has 0 aromatic heterocycles. The fourth-order valence-corrected chi connectivity index (χ4v) is 3.96. The van der Waals surface area contributed by atoms with Crippen molar-refractivity contribution < 1.29 is 8.42 Å². The minimum absolute atomic E-state index is 0.168. The zero-order valence-corrected chi connectivity index (χ0v) is 11.8. The van der Waals surface area contributed by atoms with Crippen molar-refractivity contribution >= 4 is 9.84 Å². The topological polar surface area (TPSA) is 60.2 Å². The summed E-state index contributed by atoms with van der Waals surface area (Å²) in [5, 5.41) is -0.306. The number of hydrogen-bond acceptors (Lipinski definition) is 3. The molecule has 0 bridgehead atoms. The monoisotopic (exact) mass is 267 g/mol. The molecule has 0 radical (unpaired) electrons. The summed E-state index contributed by atoms with van der Waals surface area (Å²) in [4.78, 5) is 0. The Bertz CT molecular complexity index is 530. The second-order valence-electron chi connectivity index (χ2n) is 5.50. The zero-order valence-electron chi connectivity index (χ0n) is 11.0. The molecule has 0 amide bonds. The van der Waals surface area contributed by atoms with Gasteiger partial charge in [-0.3, -0.25) is 0 Å². The average molecular weight is 267 g/mol. The van der Waals surface area contributed by atoms with E-state index in [2.05, 4.69) is 0 Å². The van der Waals surface area contributed by atoms with Crippen LogP contribution in [0, 0.1) is 0 Å². The van der Waals surface area contributed by atoms with Crippen LogP contribution in [0.2, 0.25) is 0 Å². The molecule has 100 valence electrons. The summed E-state index contributed by atoms with van der Waals surface area (Å²) in [7, 11) is -3.01. The molecule has 1 aliphatic rings. The molecule has 0 spiro atoms. The number of rotatable bonds is 5. The normalized spacial score (nSPS) is 18.0. The van der Waals surface area contributed by atoms with Gasteiger partial charge in [0.2, 0.25) is 0 Å². The highest BCUT2D eigenvalue weighted by atomic mass is 32.2. The van der Waals surface area contributed by atoms with Crippen LogP contribution in [0.15, 0.2) is 24.3 Å². The van der Waals surface area contributed by atoms with Crippen LogP contribution in [0.3, 0.4) is 0 Å². The largest absolute Gasteiger partial charge is 0.326 e. The fraction of sp³-hybridized carbons (Fsp3) is 0.571. The minimum Gasteiger partial charge on any atom is -0.326 e. The molecular weight excluding hydrogens is 246 g/mol. The molecule has 0 heterocycles. The summed E-state index contributed by atoms with van der Waals surface area (Å²) in [6, 6.07) is 7.96. The molecule has 1 saturated carbocycles. The van der Waals surface area contributed by atoms with E-state index in [1.807, 2.05) is 24.3 Å². The molecule has 4 heteroatoms. The van der Waals surface area contributed by atoms with Crippen molar-refractivity contribution in [2.24, 2.45) is 5.73 Å². The predicted molar refractivity (Wildman–Crippen MR) is 74.2 cm³/mol. The van der Waals surface area contributed by atoms with Crippen LogP contribution >= 0.6 is 0 Å². The summed E-state index contributed by atoms with van der Waals surface area (Å²) in [5.41, 5.74) is 7.80. The first-order valence-corrected chi connectivity index (χ1v) is 8.13. The van der Waals surface area contributed by atoms with Gasteiger partial charge in [0.1, 0.15) is 0 Å². The maximum atomic E-state index is 12.1. The zero-order chi connectivity index (χ0) is 13.4. The summed E-state index contributed by atoms with van der Waals surface area (Å²) < 4.78 is 24.3. The summed E-state index contributed by atoms with van der Waals surface area (Å²) in [6.45, 7) is 3.97. The van der Waals surface area contributed by atoms with Crippen molar-refractivity contribution in [1.82, 2.24) is 0 Å². The number of benzene rings is 1. The van der Waals surface area contributed by atoms with E-state index in [0.717, 1.165) is 24.0 Å². The van der Waals surface area contributed by atoms with Gasteiger partial charge in [-0.05, 0) is 37.8 Å². The molecule has 3 nitrogen and oxygen atoms in total. The van der Waals surface area contributed by atoms with Crippen LogP contribution in [-0.2, 0) is 21.8 Å². The SMILES string of the molecule is CC(C)S(=O)(=O)CC1(c2ccccc2CN)CC1. The first-order valence-electron chi connectivity index (χ1n) is 6.41. The van der Waals surface area contributed by atoms with Gasteiger partial charge in [0, 0.05) is 12.0 Å². The molecule has 2 N–H and O–H groups in total. The second-order valence-corrected chi connectivity index (χ2v) is 8.05. The van der Waals surface area contributed by atoms with Crippen molar-refractivity contribution in [3.05, 3.63) is 35.4 Å². The van der Waals surface area contributed by atoms with Gasteiger partial charge in [0.15, 0.2) is 9.84 Å². The summed E-state index contributed by atoms with van der Waals surface area (Å²) in [5.74, 6) is 0.259. The lowest BCUT2D eigenvalue weighted by Crippen LogP contribution is -2.28. The van der Waals surface area contributed by atoms with E-state index in [-0.39, 0.29) is 16.4 Å². The Kier molecular flexibility index (Phi) is 3.52. The van der Waals surface area contributed by atoms with Crippen molar-refractivity contribution in [1.29, 1.82) is 0 Å². The van der Waals surface area contributed by atoms with Gasteiger partial charge in [0.25, 0.3) is 0 Å². The first kappa shape index (κ1) is 13.6. The number of sulfone groups is 1. The van der Waals surface area contributed by atoms with Gasteiger partial charge < -0.3 is 5.73 Å². The standard InChI is InChI=1S/C14H21NO2S/c1-11(2)18(16,17)10-14(7-8-14)13-6-4-3-5-12(13)9-15/h3-6,11H,7-10,15H2,1-2H3. The second kappa shape index (κ2) is 4.67. The van der Waals surface area contributed by atoms with Gasteiger partial charge in [-0.2, -0.15) is 0 Å². The number of nitrogens with two attached hydrogens (primary N) is 1. The molecule has 1 aromatic carbocycles. The van der Waals surface area contributed by atoms with Crippen LogP contribution < -0.4 is 5.73 Å². The maximum absolute atomic E-state index is 12.1. The Morgan fingerprint density at radius 3 is 2.39 bits per heavy atom. The molecule has 1 aliphatic carbocycles. The molecule has 2 rings (SSSR count). The highest BCUT2D eigenvalue weighted by molar-refractivity contribution is 7.92. The fourth-order valence-electron chi connectivity index (χ4n) is 2.41. The Labute approximate surface area is 109 Å². The Hall–Kier alpha value is -0.870. The third kappa shape index (κ3) is 2.45. The molecule has 1 aromatic rings. The van der Waals surface area contributed by atoms with E-state index < -0.39 is 9.84 Å². The highest BCUT2D eigenvalue weighted by Crippen LogP contribution is 2.50. The molecule has 0 unspecified atom stereocenters. The van der Waals surface area contributed by atoms with Gasteiger partial charge in [-0.25, -0.2) is 8.42 Å². The van der Waals surface area contributed by atoms with Gasteiger partial charge in [-0.1, -0.05) is 24.3 Å². The Balaban J connectivity index is 2.33. The predicted octanol–water partition coefficient (Wildman–Crippen LogP) is 2.00. The van der Waals surface area contributed by atoms with Gasteiger partial charge >= 0.3 is 0 Å². The Morgan fingerprint density at radius 2 is 1.89 bits per heavy atom. The van der Waals surface area contributed by atoms with E-state index in [0.29, 0.717) is 6.54 Å². The van der Waals surface area contributed by atoms with Gasteiger partial charge in [0.05, 0.1) is 11.0 Å². The third-order valence-electron chi connectivity index (χ3n) is 3.86. The maximum Gasteiger partial charge on any atom is 0.153 e. The summed E-state index contributed by atoms with van der Waals surface area (Å²) >= 11 is 0. The first-order chi connectivity index (χ1) is 8.41. The smallest absolute Gasteiger partial charge is 0.153 e. The highest BCUT2D eigenvalue weighted by Gasteiger charge is 2.48. The Morgan fingerprint density at radius 1 is 1.28 bits per heavy atom. The molecular formula is C14H21NO2S. The lowest BCUT2D eigenvalue weighted by molar-refractivity contribution is 0.576. The quantitative estimate of drug-likeness (QED) is 0.887. The van der Waals surface area contributed by atoms with Gasteiger partial charge in [-0.15, -0.1) is 0 Å². The van der Waals surface area contributed by atoms with Crippen LogP contribution in [0.1, 0.15) is 37.8 Å². The molecule has 1 fully saturated rings. The van der Waals surface area contributed by atoms with Crippen LogP contribution in [-0.4, -0.2) is 19.4 Å². The lowest BCUT2D eigenvalue weighted by atomic mass is 9.93. The van der Waals surface area contributed by atoms with Crippen molar-refractivity contribution in [2.75, 3.05) is 5.75 Å². The average Bonchev–Trinajstić information content (AvgIpc) is 3.09. The van der Waals surface area contributed by atoms with Crippen LogP contribution in [0.4, 0.5) is 0 Å². The van der Waals surface area contributed by atoms with E-state index in [9.17, 15) is 8.42 Å². The van der Waals surface area contributed by atoms with E-state index in [4.69, 9.17) is 5.73 Å². The molecule has 0 saturated heterocycles. The number of hydrogen-bond donors (Lipinski definition) is 1. The lowest BCUT2D eigenvalue weighted by Gasteiger charge is -2.20. The van der Waals surface area contributed by atoms with Crippen molar-refractivity contribution in [3.63, 3.8) is 0 Å². The van der Waals surface area contributed by atoms with Crippen LogP contribution in [0.5, 0.6) is 0 Å². The van der Waals surface area contributed by atoms with E-state index in [1.165, 1.54) is 0 Å². The third-order valence-corrected chi connectivity index (χ3v) is 6.25. The van der Waals surface area contributed by atoms with Crippen molar-refractivity contribution in [3.8, 4) is 0 Å². The van der Waals surface area contributed by atoms with E-state index >= 15 is 0 Å². The van der Waals surface area contributed by atoms with E-state index in [1.54, 1.807) is 13.8 Å². The summed E-state index contributed by atoms with van der Waals surface area (Å²) in [6.07, 6.45) is 1.91.